The first-order chi connectivity index (χ1) is 31.9. The van der Waals surface area contributed by atoms with Gasteiger partial charge < -0.3 is 39.8 Å². The molecule has 0 aliphatic carbocycles. The van der Waals surface area contributed by atoms with Crippen molar-refractivity contribution >= 4 is 57.1 Å². The molecule has 2 N–H and O–H groups in total. The molecule has 16 heteroatoms. The minimum Gasteiger partial charge on any atom is -0.545 e. The number of carboxylic acids is 4. The summed E-state index contributed by atoms with van der Waals surface area (Å²) < 4.78 is 0. The summed E-state index contributed by atoms with van der Waals surface area (Å²) >= 11 is 0. The first-order valence-corrected chi connectivity index (χ1v) is 21.2. The van der Waals surface area contributed by atoms with E-state index in [1.807, 2.05) is 48.5 Å². The van der Waals surface area contributed by atoms with Gasteiger partial charge >= 0.3 is 71.1 Å². The Kier molecular flexibility index (Phi) is 18.9. The number of carbonyl (C=O) groups excluding carboxylic acids is 2. The van der Waals surface area contributed by atoms with E-state index < -0.39 is 23.9 Å². The predicted octanol–water partition coefficient (Wildman–Crippen LogP) is 1.56. The van der Waals surface area contributed by atoms with Gasteiger partial charge in [-0.1, -0.05) is 74.5 Å². The molecule has 0 amide bonds. The molecule has 0 aliphatic heterocycles. The van der Waals surface area contributed by atoms with Gasteiger partial charge in [0, 0.05) is 69.9 Å². The SMILES string of the molecule is CCCN(Cc1ncccc1C(=O)O)c1ccc2nc(-c3ccccc3C(=O)[O-])ccc2c1.CCCN(Cc1ncccc1C(=O)O)c1ccc2nc(-c3ccccc3C(=O)[O-])ccc2c1.[Na+].[Na+]. The zero-order valence-electron chi connectivity index (χ0n) is 38.1. The summed E-state index contributed by atoms with van der Waals surface area (Å²) in [7, 11) is 0. The number of aromatic carboxylic acids is 4. The second-order valence-corrected chi connectivity index (χ2v) is 15.3. The molecule has 4 aromatic carbocycles. The molecule has 0 bridgehead atoms. The molecule has 0 aliphatic rings. The van der Waals surface area contributed by atoms with Crippen molar-refractivity contribution in [1.29, 1.82) is 0 Å². The van der Waals surface area contributed by atoms with Crippen LogP contribution in [0, 0.1) is 0 Å². The Balaban J connectivity index is 0.000000247. The van der Waals surface area contributed by atoms with Gasteiger partial charge in [0.25, 0.3) is 0 Å². The summed E-state index contributed by atoms with van der Waals surface area (Å²) in [4.78, 5) is 68.2. The van der Waals surface area contributed by atoms with Crippen LogP contribution in [0.5, 0.6) is 0 Å². The molecule has 68 heavy (non-hydrogen) atoms. The zero-order valence-corrected chi connectivity index (χ0v) is 42.1. The number of hydrogen-bond donors (Lipinski definition) is 2. The van der Waals surface area contributed by atoms with Crippen molar-refractivity contribution in [3.05, 3.63) is 179 Å². The fourth-order valence-electron chi connectivity index (χ4n) is 7.71. The quantitative estimate of drug-likeness (QED) is 0.132. The Morgan fingerprint density at radius 1 is 0.500 bits per heavy atom. The third kappa shape index (κ3) is 12.5. The van der Waals surface area contributed by atoms with Crippen molar-refractivity contribution in [2.24, 2.45) is 0 Å². The Hall–Kier alpha value is -6.52. The van der Waals surface area contributed by atoms with Crippen LogP contribution in [0.3, 0.4) is 0 Å². The average molecular weight is 927 g/mol. The van der Waals surface area contributed by atoms with Gasteiger partial charge in [-0.05, 0) is 85.6 Å². The van der Waals surface area contributed by atoms with E-state index in [0.717, 1.165) is 59.1 Å². The maximum Gasteiger partial charge on any atom is 1.00 e. The molecule has 332 valence electrons. The van der Waals surface area contributed by atoms with Crippen LogP contribution in [-0.4, -0.2) is 67.1 Å². The van der Waals surface area contributed by atoms with Crippen molar-refractivity contribution in [1.82, 2.24) is 19.9 Å². The monoisotopic (exact) mass is 926 g/mol. The van der Waals surface area contributed by atoms with Gasteiger partial charge in [0.1, 0.15) is 0 Å². The number of benzene rings is 4. The number of aromatic nitrogens is 4. The van der Waals surface area contributed by atoms with Crippen molar-refractivity contribution in [2.75, 3.05) is 22.9 Å². The standard InChI is InChI=1S/2C26H23N3O4.2Na/c2*1-2-14-29(16-24-21(26(32)33)8-5-13-27-24)18-10-12-22-17(15-18)9-11-23(28-22)19-6-3-4-7-20(19)25(30)31;;/h2*3-13,15H,2,14,16H2,1H3,(H,30,31)(H,32,33);;/q;;2*+1/p-2. The van der Waals surface area contributed by atoms with Crippen molar-refractivity contribution in [3.63, 3.8) is 0 Å². The normalized spacial score (nSPS) is 10.5. The van der Waals surface area contributed by atoms with Crippen LogP contribution in [0.15, 0.2) is 146 Å². The van der Waals surface area contributed by atoms with Gasteiger partial charge in [0.15, 0.2) is 0 Å². The number of fused-ring (bicyclic) bond motifs is 2. The second-order valence-electron chi connectivity index (χ2n) is 15.3. The van der Waals surface area contributed by atoms with E-state index in [1.54, 1.807) is 85.2 Å². The number of anilines is 2. The van der Waals surface area contributed by atoms with Crippen LogP contribution in [0.25, 0.3) is 44.3 Å². The summed E-state index contributed by atoms with van der Waals surface area (Å²) in [6, 6.07) is 38.7. The predicted molar refractivity (Wildman–Crippen MR) is 248 cm³/mol. The molecule has 0 radical (unpaired) electrons. The fraction of sp³-hybridized carbons (Fsp3) is 0.154. The van der Waals surface area contributed by atoms with E-state index in [-0.39, 0.29) is 81.4 Å². The van der Waals surface area contributed by atoms with E-state index in [1.165, 1.54) is 12.1 Å². The van der Waals surface area contributed by atoms with Crippen LogP contribution in [0.4, 0.5) is 11.4 Å². The van der Waals surface area contributed by atoms with E-state index in [0.29, 0.717) is 47.0 Å². The number of carbonyl (C=O) groups is 4. The summed E-state index contributed by atoms with van der Waals surface area (Å²) in [5.41, 5.74) is 7.02. The molecule has 4 aromatic heterocycles. The van der Waals surface area contributed by atoms with Gasteiger partial charge in [0.2, 0.25) is 0 Å². The fourth-order valence-corrected chi connectivity index (χ4v) is 7.71. The molecule has 0 unspecified atom stereocenters. The van der Waals surface area contributed by atoms with Crippen molar-refractivity contribution < 1.29 is 98.7 Å². The largest absolute Gasteiger partial charge is 1.00 e. The molecule has 0 saturated heterocycles. The Bertz CT molecular complexity index is 2890. The summed E-state index contributed by atoms with van der Waals surface area (Å²) in [5.74, 6) is -4.48. The summed E-state index contributed by atoms with van der Waals surface area (Å²) in [6.45, 7) is 6.32. The number of carboxylic acid groups (broad SMARTS) is 4. The van der Waals surface area contributed by atoms with Gasteiger partial charge in [-0.3, -0.25) is 9.97 Å². The molecule has 4 heterocycles. The average Bonchev–Trinajstić information content (AvgIpc) is 3.33. The maximum absolute atomic E-state index is 11.6. The van der Waals surface area contributed by atoms with Gasteiger partial charge in [0.05, 0.1) is 70.0 Å². The zero-order chi connectivity index (χ0) is 46.7. The van der Waals surface area contributed by atoms with Crippen LogP contribution in [-0.2, 0) is 13.1 Å². The maximum atomic E-state index is 11.6. The molecule has 0 atom stereocenters. The van der Waals surface area contributed by atoms with Crippen molar-refractivity contribution in [3.8, 4) is 22.5 Å². The number of pyridine rings is 4. The molecule has 8 rings (SSSR count). The molecule has 14 nitrogen and oxygen atoms in total. The Morgan fingerprint density at radius 3 is 1.25 bits per heavy atom. The Labute approximate surface area is 437 Å². The molecule has 0 saturated carbocycles. The van der Waals surface area contributed by atoms with Crippen LogP contribution < -0.4 is 79.1 Å². The smallest absolute Gasteiger partial charge is 0.545 e. The van der Waals surface area contributed by atoms with Gasteiger partial charge in [-0.2, -0.15) is 0 Å². The third-order valence-electron chi connectivity index (χ3n) is 10.8. The molecule has 0 fully saturated rings. The number of hydrogen-bond acceptors (Lipinski definition) is 12. The number of rotatable bonds is 16. The molecule has 8 aromatic rings. The number of nitrogens with zero attached hydrogens (tertiary/aromatic N) is 6. The van der Waals surface area contributed by atoms with Gasteiger partial charge in [-0.15, -0.1) is 0 Å². The van der Waals surface area contributed by atoms with Crippen molar-refractivity contribution in [2.45, 2.75) is 39.8 Å². The van der Waals surface area contributed by atoms with E-state index in [9.17, 15) is 39.6 Å². The van der Waals surface area contributed by atoms with E-state index in [2.05, 4.69) is 43.6 Å². The second kappa shape index (κ2) is 24.5. The van der Waals surface area contributed by atoms with Gasteiger partial charge in [-0.25, -0.2) is 19.6 Å². The van der Waals surface area contributed by atoms with E-state index >= 15 is 0 Å². The first-order valence-electron chi connectivity index (χ1n) is 21.2. The minimum atomic E-state index is -1.24. The molecule has 0 spiro atoms. The summed E-state index contributed by atoms with van der Waals surface area (Å²) in [6.07, 6.45) is 4.96. The van der Waals surface area contributed by atoms with Crippen LogP contribution in [0.1, 0.15) is 79.5 Å². The van der Waals surface area contributed by atoms with Crippen LogP contribution >= 0.6 is 0 Å². The van der Waals surface area contributed by atoms with Crippen LogP contribution in [0.2, 0.25) is 0 Å². The Morgan fingerprint density at radius 2 is 0.882 bits per heavy atom. The minimum absolute atomic E-state index is 0. The molecular weight excluding hydrogens is 883 g/mol. The first kappa shape index (κ1) is 52.4. The topological polar surface area (TPSA) is 213 Å². The summed E-state index contributed by atoms with van der Waals surface area (Å²) in [5, 5.41) is 43.7. The molecular formula is C52H44N6Na2O8. The third-order valence-corrected chi connectivity index (χ3v) is 10.8. The van der Waals surface area contributed by atoms with E-state index in [4.69, 9.17) is 0 Å².